The summed E-state index contributed by atoms with van der Waals surface area (Å²) in [5, 5.41) is 7.47. The maximum atomic E-state index is 12.2. The van der Waals surface area contributed by atoms with Crippen molar-refractivity contribution in [2.45, 2.75) is 70.1 Å². The van der Waals surface area contributed by atoms with Gasteiger partial charge in [-0.1, -0.05) is 0 Å². The molecule has 0 rings (SSSR count). The van der Waals surface area contributed by atoms with Gasteiger partial charge in [0.25, 0.3) is 0 Å². The number of carbonyl (C=O) groups is 3. The maximum absolute atomic E-state index is 12.2. The monoisotopic (exact) mass is 396 g/mol. The van der Waals surface area contributed by atoms with E-state index in [2.05, 4.69) is 0 Å². The molecule has 0 heterocycles. The van der Waals surface area contributed by atoms with E-state index in [-0.39, 0.29) is 0 Å². The second-order valence-corrected chi connectivity index (χ2v) is 8.93. The van der Waals surface area contributed by atoms with E-state index in [0.717, 1.165) is 0 Å². The van der Waals surface area contributed by atoms with Gasteiger partial charge >= 0.3 is 17.9 Å². The van der Waals surface area contributed by atoms with Crippen LogP contribution in [0.3, 0.4) is 0 Å². The molecule has 0 aliphatic heterocycles. The molecule has 0 saturated carbocycles. The lowest BCUT2D eigenvalue weighted by Crippen LogP contribution is -2.59. The Morgan fingerprint density at radius 2 is 1.27 bits per heavy atom. The van der Waals surface area contributed by atoms with E-state index in [1.807, 2.05) is 0 Å². The first-order valence-electron chi connectivity index (χ1n) is 7.81. The van der Waals surface area contributed by atoms with Crippen LogP contribution in [0.25, 0.3) is 0 Å². The molecule has 0 aromatic rings. The standard InChI is InChI=1S/C15H28N2O8S/c1-14(2,3)24-12(20)7(11(18)19)8(16)10(26(22)23)9(17)13(21)25-15(4,5)6/h7-10,26H,16-17H2,1-6H3,(H,18,19). The molecule has 4 atom stereocenters. The molecule has 0 saturated heterocycles. The van der Waals surface area contributed by atoms with Crippen molar-refractivity contribution in [3.8, 4) is 0 Å². The van der Waals surface area contributed by atoms with Crippen molar-refractivity contribution in [2.75, 3.05) is 0 Å². The van der Waals surface area contributed by atoms with Crippen LogP contribution in [0.5, 0.6) is 0 Å². The van der Waals surface area contributed by atoms with Gasteiger partial charge in [0.15, 0.2) is 5.92 Å². The zero-order chi connectivity index (χ0) is 21.0. The highest BCUT2D eigenvalue weighted by Gasteiger charge is 2.45. The predicted molar refractivity (Wildman–Crippen MR) is 92.9 cm³/mol. The summed E-state index contributed by atoms with van der Waals surface area (Å²) in [6, 6.07) is -3.58. The maximum Gasteiger partial charge on any atom is 0.324 e. The van der Waals surface area contributed by atoms with E-state index in [9.17, 15) is 27.9 Å². The summed E-state index contributed by atoms with van der Waals surface area (Å²) in [4.78, 5) is 35.7. The zero-order valence-electron chi connectivity index (χ0n) is 15.7. The summed E-state index contributed by atoms with van der Waals surface area (Å²) in [6.45, 7) is 9.16. The molecule has 0 amide bonds. The van der Waals surface area contributed by atoms with Crippen molar-refractivity contribution in [1.29, 1.82) is 0 Å². The topological polar surface area (TPSA) is 176 Å². The van der Waals surface area contributed by atoms with Gasteiger partial charge in [-0.2, -0.15) is 0 Å². The summed E-state index contributed by atoms with van der Waals surface area (Å²) in [7, 11) is -3.45. The molecule has 4 unspecified atom stereocenters. The van der Waals surface area contributed by atoms with Gasteiger partial charge < -0.3 is 26.0 Å². The highest BCUT2D eigenvalue weighted by molar-refractivity contribution is 7.73. The van der Waals surface area contributed by atoms with Gasteiger partial charge in [0, 0.05) is 6.04 Å². The number of thiol groups is 1. The van der Waals surface area contributed by atoms with E-state index >= 15 is 0 Å². The number of ether oxygens (including phenoxy) is 2. The van der Waals surface area contributed by atoms with Gasteiger partial charge in [-0.3, -0.25) is 14.4 Å². The van der Waals surface area contributed by atoms with Crippen LogP contribution in [0.15, 0.2) is 0 Å². The third-order valence-corrected chi connectivity index (χ3v) is 4.15. The Balaban J connectivity index is 5.72. The molecule has 152 valence electrons. The van der Waals surface area contributed by atoms with E-state index < -0.39 is 63.1 Å². The second-order valence-electron chi connectivity index (χ2n) is 7.76. The van der Waals surface area contributed by atoms with Crippen LogP contribution in [0.4, 0.5) is 0 Å². The number of carboxylic acid groups (broad SMARTS) is 1. The van der Waals surface area contributed by atoms with Crippen LogP contribution >= 0.6 is 0 Å². The van der Waals surface area contributed by atoms with Gasteiger partial charge in [0.1, 0.15) is 33.2 Å². The zero-order valence-corrected chi connectivity index (χ0v) is 16.6. The summed E-state index contributed by atoms with van der Waals surface area (Å²) < 4.78 is 33.2. The summed E-state index contributed by atoms with van der Waals surface area (Å²) >= 11 is 0. The highest BCUT2D eigenvalue weighted by Crippen LogP contribution is 2.19. The van der Waals surface area contributed by atoms with Crippen LogP contribution in [-0.2, 0) is 34.6 Å². The van der Waals surface area contributed by atoms with Crippen molar-refractivity contribution in [3.63, 3.8) is 0 Å². The van der Waals surface area contributed by atoms with Crippen LogP contribution in [-0.4, -0.2) is 60.0 Å². The minimum absolute atomic E-state index is 0.949. The lowest BCUT2D eigenvalue weighted by atomic mass is 9.93. The van der Waals surface area contributed by atoms with Crippen molar-refractivity contribution < 1.29 is 37.4 Å². The van der Waals surface area contributed by atoms with Gasteiger partial charge in [-0.25, -0.2) is 8.42 Å². The molecule has 11 heteroatoms. The average molecular weight is 396 g/mol. The van der Waals surface area contributed by atoms with E-state index in [0.29, 0.717) is 0 Å². The molecule has 0 spiro atoms. The number of carbonyl (C=O) groups excluding carboxylic acids is 2. The van der Waals surface area contributed by atoms with Crippen LogP contribution in [0, 0.1) is 5.92 Å². The Bertz CT molecular complexity index is 610. The number of aliphatic carboxylic acids is 1. The quantitative estimate of drug-likeness (QED) is 0.237. The van der Waals surface area contributed by atoms with Crippen molar-refractivity contribution in [2.24, 2.45) is 17.4 Å². The first kappa shape index (κ1) is 24.3. The van der Waals surface area contributed by atoms with E-state index in [1.54, 1.807) is 20.8 Å². The Kier molecular flexibility index (Phi) is 8.20. The van der Waals surface area contributed by atoms with Gasteiger partial charge in [0.05, 0.1) is 0 Å². The molecule has 26 heavy (non-hydrogen) atoms. The predicted octanol–water partition coefficient (Wildman–Crippen LogP) is -0.995. The fourth-order valence-corrected chi connectivity index (χ4v) is 2.84. The molecule has 5 N–H and O–H groups in total. The molecule has 0 aliphatic carbocycles. The Morgan fingerprint density at radius 1 is 0.885 bits per heavy atom. The lowest BCUT2D eigenvalue weighted by Gasteiger charge is -2.30. The third-order valence-electron chi connectivity index (χ3n) is 3.00. The fraction of sp³-hybridized carbons (Fsp3) is 0.800. The number of nitrogens with two attached hydrogens (primary N) is 2. The molecular weight excluding hydrogens is 368 g/mol. The fourth-order valence-electron chi connectivity index (χ4n) is 2.01. The van der Waals surface area contributed by atoms with Crippen molar-refractivity contribution in [3.05, 3.63) is 0 Å². The molecular formula is C15H28N2O8S. The molecule has 0 fully saturated rings. The van der Waals surface area contributed by atoms with Crippen molar-refractivity contribution >= 4 is 28.6 Å². The first-order chi connectivity index (χ1) is 11.5. The summed E-state index contributed by atoms with van der Waals surface area (Å²) in [5.41, 5.74) is 9.42. The van der Waals surface area contributed by atoms with E-state index in [1.165, 1.54) is 20.8 Å². The van der Waals surface area contributed by atoms with Gasteiger partial charge in [-0.15, -0.1) is 0 Å². The molecule has 10 nitrogen and oxygen atoms in total. The normalized spacial score (nSPS) is 17.1. The number of carboxylic acids is 1. The number of hydrogen-bond donors (Lipinski definition) is 4. The molecule has 0 bridgehead atoms. The van der Waals surface area contributed by atoms with Gasteiger partial charge in [-0.05, 0) is 41.5 Å². The summed E-state index contributed by atoms with van der Waals surface area (Å²) in [6.07, 6.45) is 0. The smallest absolute Gasteiger partial charge is 0.324 e. The Morgan fingerprint density at radius 3 is 1.58 bits per heavy atom. The van der Waals surface area contributed by atoms with Crippen LogP contribution < -0.4 is 11.5 Å². The number of rotatable bonds is 7. The molecule has 0 radical (unpaired) electrons. The number of hydrogen-bond acceptors (Lipinski definition) is 9. The second kappa shape index (κ2) is 8.78. The average Bonchev–Trinajstić information content (AvgIpc) is 2.33. The minimum atomic E-state index is -3.45. The SMILES string of the molecule is CC(C)(C)OC(=O)C(N)C(C(N)C(C(=O)O)C(=O)OC(C)(C)C)[SH](=O)=O. The summed E-state index contributed by atoms with van der Waals surface area (Å²) in [5.74, 6) is -6.02. The van der Waals surface area contributed by atoms with E-state index in [4.69, 9.17) is 20.9 Å². The largest absolute Gasteiger partial charge is 0.481 e. The highest BCUT2D eigenvalue weighted by atomic mass is 32.2. The first-order valence-corrected chi connectivity index (χ1v) is 9.06. The third kappa shape index (κ3) is 7.67. The number of esters is 2. The Hall–Kier alpha value is -1.72. The molecule has 0 aromatic carbocycles. The van der Waals surface area contributed by atoms with Gasteiger partial charge in [0.2, 0.25) is 0 Å². The Labute approximate surface area is 154 Å². The van der Waals surface area contributed by atoms with Crippen LogP contribution in [0.1, 0.15) is 41.5 Å². The molecule has 0 aliphatic rings. The minimum Gasteiger partial charge on any atom is -0.481 e. The molecule has 0 aromatic heterocycles. The lowest BCUT2D eigenvalue weighted by molar-refractivity contribution is -0.168. The van der Waals surface area contributed by atoms with Crippen molar-refractivity contribution in [1.82, 2.24) is 0 Å². The van der Waals surface area contributed by atoms with Crippen LogP contribution in [0.2, 0.25) is 0 Å².